The van der Waals surface area contributed by atoms with E-state index in [4.69, 9.17) is 9.47 Å². The average molecular weight is 590 g/mol. The van der Waals surface area contributed by atoms with Gasteiger partial charge in [0.15, 0.2) is 0 Å². The van der Waals surface area contributed by atoms with Gasteiger partial charge in [0.1, 0.15) is 11.5 Å². The summed E-state index contributed by atoms with van der Waals surface area (Å²) in [4.78, 5) is 20.5. The fraction of sp³-hybridized carbons (Fsp3) is 0.342. The zero-order chi connectivity index (χ0) is 30.5. The quantitative estimate of drug-likeness (QED) is 0.233. The number of anilines is 1. The first-order valence-electron chi connectivity index (χ1n) is 15.7. The number of likely N-dealkylation sites (tertiary alicyclic amines) is 1. The molecule has 0 unspecified atom stereocenters. The predicted molar refractivity (Wildman–Crippen MR) is 177 cm³/mol. The van der Waals surface area contributed by atoms with Crippen LogP contribution < -0.4 is 14.4 Å². The average Bonchev–Trinajstić information content (AvgIpc) is 3.08. The zero-order valence-corrected chi connectivity index (χ0v) is 26.2. The van der Waals surface area contributed by atoms with Gasteiger partial charge in [-0.25, -0.2) is 0 Å². The Labute approximate surface area is 261 Å². The highest BCUT2D eigenvalue weighted by Crippen LogP contribution is 2.42. The molecule has 6 heteroatoms. The van der Waals surface area contributed by atoms with Crippen molar-refractivity contribution in [1.82, 2.24) is 9.80 Å². The third kappa shape index (κ3) is 6.31. The van der Waals surface area contributed by atoms with Crippen molar-refractivity contribution in [2.75, 3.05) is 58.4 Å². The van der Waals surface area contributed by atoms with Gasteiger partial charge in [0.2, 0.25) is 0 Å². The number of hydrogen-bond acceptors (Lipinski definition) is 5. The maximum Gasteiger partial charge on any atom is 0.253 e. The number of benzene rings is 4. The van der Waals surface area contributed by atoms with Crippen LogP contribution in [0.25, 0.3) is 0 Å². The van der Waals surface area contributed by atoms with E-state index in [9.17, 15) is 4.79 Å². The third-order valence-electron chi connectivity index (χ3n) is 9.40. The first-order chi connectivity index (χ1) is 21.5. The highest BCUT2D eigenvalue weighted by Gasteiger charge is 2.39. The summed E-state index contributed by atoms with van der Waals surface area (Å²) in [5, 5.41) is 0. The summed E-state index contributed by atoms with van der Waals surface area (Å²) >= 11 is 0. The Morgan fingerprint density at radius 3 is 1.95 bits per heavy atom. The molecule has 1 amide bonds. The summed E-state index contributed by atoms with van der Waals surface area (Å²) < 4.78 is 10.9. The van der Waals surface area contributed by atoms with Gasteiger partial charge in [0.25, 0.3) is 5.91 Å². The number of carbonyl (C=O) groups excluding carboxylic acids is 1. The van der Waals surface area contributed by atoms with Gasteiger partial charge in [0.05, 0.1) is 14.2 Å². The number of rotatable bonds is 8. The van der Waals surface area contributed by atoms with Crippen LogP contribution >= 0.6 is 0 Å². The van der Waals surface area contributed by atoms with Crippen molar-refractivity contribution in [2.45, 2.75) is 31.7 Å². The molecule has 6 rings (SSSR count). The minimum Gasteiger partial charge on any atom is -0.497 e. The number of piperidine rings is 1. The van der Waals surface area contributed by atoms with Crippen molar-refractivity contribution in [3.05, 3.63) is 125 Å². The van der Waals surface area contributed by atoms with Crippen molar-refractivity contribution < 1.29 is 14.3 Å². The monoisotopic (exact) mass is 589 g/mol. The fourth-order valence-electron chi connectivity index (χ4n) is 6.90. The van der Waals surface area contributed by atoms with Gasteiger partial charge in [-0.3, -0.25) is 9.69 Å². The number of nitrogens with zero attached hydrogens (tertiary/aromatic N) is 3. The van der Waals surface area contributed by atoms with E-state index < -0.39 is 0 Å². The van der Waals surface area contributed by atoms with E-state index in [1.807, 2.05) is 17.0 Å². The van der Waals surface area contributed by atoms with Crippen LogP contribution in [0.3, 0.4) is 0 Å². The Bertz CT molecular complexity index is 1490. The molecule has 0 N–H and O–H groups in total. The first-order valence-corrected chi connectivity index (χ1v) is 15.7. The summed E-state index contributed by atoms with van der Waals surface area (Å²) in [7, 11) is 3.42. The zero-order valence-electron chi connectivity index (χ0n) is 26.2. The molecule has 0 bridgehead atoms. The molecule has 6 nitrogen and oxygen atoms in total. The Morgan fingerprint density at radius 1 is 0.750 bits per heavy atom. The highest BCUT2D eigenvalue weighted by atomic mass is 16.5. The largest absolute Gasteiger partial charge is 0.497 e. The molecule has 228 valence electrons. The van der Waals surface area contributed by atoms with Crippen molar-refractivity contribution >= 4 is 11.6 Å². The smallest absolute Gasteiger partial charge is 0.253 e. The Kier molecular flexibility index (Phi) is 8.89. The Morgan fingerprint density at radius 2 is 1.36 bits per heavy atom. The molecule has 4 aromatic rings. The van der Waals surface area contributed by atoms with Crippen LogP contribution in [-0.2, 0) is 12.0 Å². The maximum atomic E-state index is 13.6. The van der Waals surface area contributed by atoms with Crippen LogP contribution in [0.15, 0.2) is 97.1 Å². The number of piperazine rings is 1. The summed E-state index contributed by atoms with van der Waals surface area (Å²) in [6.45, 7) is 7.99. The van der Waals surface area contributed by atoms with Crippen molar-refractivity contribution in [3.63, 3.8) is 0 Å². The molecule has 0 aliphatic carbocycles. The predicted octanol–water partition coefficient (Wildman–Crippen LogP) is 6.56. The molecular formula is C38H43N3O3. The van der Waals surface area contributed by atoms with Crippen molar-refractivity contribution in [3.8, 4) is 11.5 Å². The van der Waals surface area contributed by atoms with E-state index >= 15 is 0 Å². The van der Waals surface area contributed by atoms with E-state index in [2.05, 4.69) is 102 Å². The molecule has 4 aromatic carbocycles. The summed E-state index contributed by atoms with van der Waals surface area (Å²) in [6, 6.07) is 34.0. The summed E-state index contributed by atoms with van der Waals surface area (Å²) in [5.74, 6) is 1.86. The molecule has 2 aliphatic heterocycles. The van der Waals surface area contributed by atoms with Crippen LogP contribution in [0.1, 0.15) is 45.5 Å². The van der Waals surface area contributed by atoms with Gasteiger partial charge in [-0.15, -0.1) is 0 Å². The number of carbonyl (C=O) groups is 1. The van der Waals surface area contributed by atoms with E-state index in [-0.39, 0.29) is 11.3 Å². The van der Waals surface area contributed by atoms with Crippen LogP contribution in [0, 0.1) is 6.92 Å². The van der Waals surface area contributed by atoms with Gasteiger partial charge in [-0.2, -0.15) is 0 Å². The Balaban J connectivity index is 1.17. The van der Waals surface area contributed by atoms with E-state index in [1.54, 1.807) is 14.2 Å². The molecule has 0 radical (unpaired) electrons. The van der Waals surface area contributed by atoms with Crippen LogP contribution in [-0.4, -0.2) is 69.2 Å². The van der Waals surface area contributed by atoms with Gasteiger partial charge in [0, 0.05) is 55.9 Å². The normalized spacial score (nSPS) is 16.9. The molecule has 2 aliphatic rings. The van der Waals surface area contributed by atoms with Crippen LogP contribution in [0.5, 0.6) is 11.5 Å². The SMILES string of the molecule is COc1ccc(C2(c3ccc(OC)cc3)CCCN(Cc3cccc(C(=O)N4CCN(c5ccc(C)cc5)CC4)c3)C2)cc1. The highest BCUT2D eigenvalue weighted by molar-refractivity contribution is 5.94. The van der Waals surface area contributed by atoms with E-state index in [1.165, 1.54) is 27.9 Å². The lowest BCUT2D eigenvalue weighted by atomic mass is 9.69. The van der Waals surface area contributed by atoms with Gasteiger partial charge in [-0.1, -0.05) is 54.1 Å². The van der Waals surface area contributed by atoms with Crippen LogP contribution in [0.2, 0.25) is 0 Å². The maximum absolute atomic E-state index is 13.6. The number of aryl methyl sites for hydroxylation is 1. The van der Waals surface area contributed by atoms with E-state index in [0.29, 0.717) is 0 Å². The second kappa shape index (κ2) is 13.1. The summed E-state index contributed by atoms with van der Waals surface area (Å²) in [6.07, 6.45) is 2.15. The van der Waals surface area contributed by atoms with Gasteiger partial charge < -0.3 is 19.3 Å². The number of amides is 1. The van der Waals surface area contributed by atoms with Crippen molar-refractivity contribution in [1.29, 1.82) is 0 Å². The van der Waals surface area contributed by atoms with Gasteiger partial charge >= 0.3 is 0 Å². The van der Waals surface area contributed by atoms with E-state index in [0.717, 1.165) is 75.7 Å². The second-order valence-corrected chi connectivity index (χ2v) is 12.2. The lowest BCUT2D eigenvalue weighted by Crippen LogP contribution is -2.48. The second-order valence-electron chi connectivity index (χ2n) is 12.2. The molecule has 0 saturated carbocycles. The molecule has 0 aromatic heterocycles. The molecule has 0 spiro atoms. The van der Waals surface area contributed by atoms with Crippen molar-refractivity contribution in [2.24, 2.45) is 0 Å². The number of ether oxygens (including phenoxy) is 2. The Hall–Kier alpha value is -4.29. The first kappa shape index (κ1) is 29.8. The van der Waals surface area contributed by atoms with Crippen LogP contribution in [0.4, 0.5) is 5.69 Å². The third-order valence-corrected chi connectivity index (χ3v) is 9.40. The molecule has 2 saturated heterocycles. The molecule has 0 atom stereocenters. The molecule has 2 fully saturated rings. The number of methoxy groups -OCH3 is 2. The molecule has 44 heavy (non-hydrogen) atoms. The summed E-state index contributed by atoms with van der Waals surface area (Å²) in [5.41, 5.74) is 6.88. The molecule has 2 heterocycles. The number of hydrogen-bond donors (Lipinski definition) is 0. The topological polar surface area (TPSA) is 45.3 Å². The lowest BCUT2D eigenvalue weighted by molar-refractivity contribution is 0.0746. The minimum absolute atomic E-state index is 0.125. The minimum atomic E-state index is -0.151. The van der Waals surface area contributed by atoms with Gasteiger partial charge in [-0.05, 0) is 91.5 Å². The standard InChI is InChI=1S/C38H43N3O3/c1-29-8-14-34(15-9-29)40-22-24-41(25-23-40)37(42)31-7-4-6-30(26-31)27-39-21-5-20-38(28-39,32-10-16-35(43-2)17-11-32)33-12-18-36(44-3)19-13-33/h4,6-19,26H,5,20-25,27-28H2,1-3H3. The molecular weight excluding hydrogens is 546 g/mol. The fourth-order valence-corrected chi connectivity index (χ4v) is 6.90. The lowest BCUT2D eigenvalue weighted by Gasteiger charge is -2.44.